The van der Waals surface area contributed by atoms with Crippen molar-refractivity contribution in [2.45, 2.75) is 19.5 Å². The van der Waals surface area contributed by atoms with E-state index in [0.29, 0.717) is 24.2 Å². The first-order valence-electron chi connectivity index (χ1n) is 9.30. The SMILES string of the molecule is Cc1ccccc1-n1ncc(C(=O)NCCCN2CCNCC2)c1C(F)(F)F. The summed E-state index contributed by atoms with van der Waals surface area (Å²) in [4.78, 5) is 14.7. The Morgan fingerprint density at radius 3 is 2.64 bits per heavy atom. The Bertz CT molecular complexity index is 812. The van der Waals surface area contributed by atoms with Gasteiger partial charge in [0.2, 0.25) is 0 Å². The summed E-state index contributed by atoms with van der Waals surface area (Å²) in [6.07, 6.45) is -3.04. The van der Waals surface area contributed by atoms with Crippen molar-refractivity contribution in [2.24, 2.45) is 0 Å². The molecular weight excluding hydrogens is 371 g/mol. The molecule has 3 rings (SSSR count). The summed E-state index contributed by atoms with van der Waals surface area (Å²) in [6.45, 7) is 6.56. The molecule has 1 amide bonds. The van der Waals surface area contributed by atoms with Crippen LogP contribution >= 0.6 is 0 Å². The molecule has 2 aromatic rings. The first kappa shape index (κ1) is 20.3. The predicted molar refractivity (Wildman–Crippen MR) is 99.6 cm³/mol. The third-order valence-electron chi connectivity index (χ3n) is 4.77. The maximum atomic E-state index is 13.7. The summed E-state index contributed by atoms with van der Waals surface area (Å²) in [5.74, 6) is -0.757. The van der Waals surface area contributed by atoms with E-state index >= 15 is 0 Å². The van der Waals surface area contributed by atoms with E-state index in [0.717, 1.165) is 43.6 Å². The van der Waals surface area contributed by atoms with E-state index in [2.05, 4.69) is 20.6 Å². The number of halogens is 3. The molecule has 1 aliphatic rings. The van der Waals surface area contributed by atoms with Gasteiger partial charge in [0.25, 0.3) is 5.91 Å². The third kappa shape index (κ3) is 4.71. The van der Waals surface area contributed by atoms with Gasteiger partial charge in [-0.25, -0.2) is 4.68 Å². The van der Waals surface area contributed by atoms with Crippen molar-refractivity contribution in [3.05, 3.63) is 47.3 Å². The molecule has 1 aromatic heterocycles. The molecule has 152 valence electrons. The van der Waals surface area contributed by atoms with Crippen LogP contribution < -0.4 is 10.6 Å². The van der Waals surface area contributed by atoms with E-state index in [1.807, 2.05) is 0 Å². The molecule has 0 unspecified atom stereocenters. The number of para-hydroxylation sites is 1. The molecule has 9 heteroatoms. The lowest BCUT2D eigenvalue weighted by atomic mass is 10.1. The van der Waals surface area contributed by atoms with E-state index < -0.39 is 23.3 Å². The molecule has 1 saturated heterocycles. The monoisotopic (exact) mass is 395 g/mol. The fraction of sp³-hybridized carbons (Fsp3) is 0.474. The summed E-state index contributed by atoms with van der Waals surface area (Å²) in [5, 5.41) is 9.71. The number of rotatable bonds is 6. The Balaban J connectivity index is 1.70. The highest BCUT2D eigenvalue weighted by molar-refractivity contribution is 5.95. The van der Waals surface area contributed by atoms with Gasteiger partial charge in [-0.2, -0.15) is 18.3 Å². The summed E-state index contributed by atoms with van der Waals surface area (Å²) in [6, 6.07) is 6.63. The smallest absolute Gasteiger partial charge is 0.352 e. The number of nitrogens with zero attached hydrogens (tertiary/aromatic N) is 3. The zero-order chi connectivity index (χ0) is 20.1. The highest BCUT2D eigenvalue weighted by Gasteiger charge is 2.40. The summed E-state index contributed by atoms with van der Waals surface area (Å²) in [5.41, 5.74) is -0.578. The maximum Gasteiger partial charge on any atom is 0.434 e. The van der Waals surface area contributed by atoms with E-state index in [1.165, 1.54) is 0 Å². The second kappa shape index (κ2) is 8.74. The first-order chi connectivity index (χ1) is 13.4. The molecule has 0 aliphatic carbocycles. The normalized spacial score (nSPS) is 15.6. The van der Waals surface area contributed by atoms with E-state index in [-0.39, 0.29) is 0 Å². The predicted octanol–water partition coefficient (Wildman–Crippen LogP) is 2.22. The molecule has 1 fully saturated rings. The number of hydrogen-bond acceptors (Lipinski definition) is 4. The fourth-order valence-electron chi connectivity index (χ4n) is 3.31. The summed E-state index contributed by atoms with van der Waals surface area (Å²) >= 11 is 0. The number of carbonyl (C=O) groups excluding carboxylic acids is 1. The minimum absolute atomic E-state index is 0.299. The molecule has 1 aliphatic heterocycles. The van der Waals surface area contributed by atoms with Crippen molar-refractivity contribution >= 4 is 5.91 Å². The number of alkyl halides is 3. The molecule has 1 aromatic carbocycles. The largest absolute Gasteiger partial charge is 0.434 e. The second-order valence-corrected chi connectivity index (χ2v) is 6.80. The number of benzene rings is 1. The highest BCUT2D eigenvalue weighted by Crippen LogP contribution is 2.34. The number of nitrogens with one attached hydrogen (secondary N) is 2. The van der Waals surface area contributed by atoms with Crippen LogP contribution in [-0.2, 0) is 6.18 Å². The maximum absolute atomic E-state index is 13.7. The number of amides is 1. The van der Waals surface area contributed by atoms with Crippen LogP contribution in [0.25, 0.3) is 5.69 Å². The van der Waals surface area contributed by atoms with Gasteiger partial charge >= 0.3 is 6.18 Å². The average Bonchev–Trinajstić information content (AvgIpc) is 3.12. The van der Waals surface area contributed by atoms with Gasteiger partial charge in [0.05, 0.1) is 17.4 Å². The molecule has 2 heterocycles. The van der Waals surface area contributed by atoms with Crippen LogP contribution in [0.2, 0.25) is 0 Å². The van der Waals surface area contributed by atoms with Gasteiger partial charge in [-0.15, -0.1) is 0 Å². The average molecular weight is 395 g/mol. The number of aryl methyl sites for hydroxylation is 1. The van der Waals surface area contributed by atoms with Gasteiger partial charge in [0.1, 0.15) is 0 Å². The van der Waals surface area contributed by atoms with Crippen LogP contribution in [-0.4, -0.2) is 59.9 Å². The lowest BCUT2D eigenvalue weighted by molar-refractivity contribution is -0.143. The van der Waals surface area contributed by atoms with E-state index in [4.69, 9.17) is 0 Å². The Labute approximate surface area is 161 Å². The molecule has 0 radical (unpaired) electrons. The van der Waals surface area contributed by atoms with E-state index in [1.54, 1.807) is 31.2 Å². The molecule has 0 saturated carbocycles. The zero-order valence-electron chi connectivity index (χ0n) is 15.7. The highest BCUT2D eigenvalue weighted by atomic mass is 19.4. The van der Waals surface area contributed by atoms with Gasteiger partial charge < -0.3 is 15.5 Å². The van der Waals surface area contributed by atoms with Gasteiger partial charge in [-0.3, -0.25) is 4.79 Å². The molecule has 0 spiro atoms. The molecule has 28 heavy (non-hydrogen) atoms. The fourth-order valence-corrected chi connectivity index (χ4v) is 3.31. The van der Waals surface area contributed by atoms with Crippen molar-refractivity contribution in [3.63, 3.8) is 0 Å². The third-order valence-corrected chi connectivity index (χ3v) is 4.77. The molecule has 2 N–H and O–H groups in total. The number of piperazine rings is 1. The van der Waals surface area contributed by atoms with Crippen LogP contribution in [0.3, 0.4) is 0 Å². The Morgan fingerprint density at radius 2 is 1.96 bits per heavy atom. The standard InChI is InChI=1S/C19H24F3N5O/c1-14-5-2-3-6-16(14)27-17(19(20,21)22)15(13-25-27)18(28)24-7-4-10-26-11-8-23-9-12-26/h2-3,5-6,13,23H,4,7-12H2,1H3,(H,24,28). The first-order valence-corrected chi connectivity index (χ1v) is 9.30. The van der Waals surface area contributed by atoms with Crippen molar-refractivity contribution < 1.29 is 18.0 Å². The Hall–Kier alpha value is -2.39. The van der Waals surface area contributed by atoms with Crippen molar-refractivity contribution in [1.29, 1.82) is 0 Å². The Kier molecular flexibility index (Phi) is 6.35. The molecule has 0 bridgehead atoms. The second-order valence-electron chi connectivity index (χ2n) is 6.80. The van der Waals surface area contributed by atoms with Crippen molar-refractivity contribution in [2.75, 3.05) is 39.3 Å². The quantitative estimate of drug-likeness (QED) is 0.737. The molecule has 6 nitrogen and oxygen atoms in total. The lowest BCUT2D eigenvalue weighted by Gasteiger charge is -2.27. The van der Waals surface area contributed by atoms with Gasteiger partial charge in [0.15, 0.2) is 5.69 Å². The number of carbonyl (C=O) groups is 1. The lowest BCUT2D eigenvalue weighted by Crippen LogP contribution is -2.44. The van der Waals surface area contributed by atoms with Crippen LogP contribution in [0.15, 0.2) is 30.5 Å². The molecule has 0 atom stereocenters. The van der Waals surface area contributed by atoms with Crippen molar-refractivity contribution in [3.8, 4) is 5.69 Å². The van der Waals surface area contributed by atoms with Gasteiger partial charge in [0, 0.05) is 32.7 Å². The Morgan fingerprint density at radius 1 is 1.25 bits per heavy atom. The van der Waals surface area contributed by atoms with Gasteiger partial charge in [-0.1, -0.05) is 18.2 Å². The number of aromatic nitrogens is 2. The summed E-state index contributed by atoms with van der Waals surface area (Å²) in [7, 11) is 0. The summed E-state index contributed by atoms with van der Waals surface area (Å²) < 4.78 is 41.9. The number of hydrogen-bond donors (Lipinski definition) is 2. The van der Waals surface area contributed by atoms with Gasteiger partial charge in [-0.05, 0) is 31.5 Å². The zero-order valence-corrected chi connectivity index (χ0v) is 15.7. The topological polar surface area (TPSA) is 62.2 Å². The minimum atomic E-state index is -4.70. The van der Waals surface area contributed by atoms with Crippen LogP contribution in [0, 0.1) is 6.92 Å². The van der Waals surface area contributed by atoms with Crippen LogP contribution in [0.4, 0.5) is 13.2 Å². The minimum Gasteiger partial charge on any atom is -0.352 e. The molecular formula is C19H24F3N5O. The van der Waals surface area contributed by atoms with Crippen LogP contribution in [0.5, 0.6) is 0 Å². The van der Waals surface area contributed by atoms with E-state index in [9.17, 15) is 18.0 Å². The van der Waals surface area contributed by atoms with Crippen molar-refractivity contribution in [1.82, 2.24) is 25.3 Å². The van der Waals surface area contributed by atoms with Crippen LogP contribution in [0.1, 0.15) is 28.0 Å².